The van der Waals surface area contributed by atoms with E-state index in [0.29, 0.717) is 5.95 Å². The van der Waals surface area contributed by atoms with Crippen LogP contribution >= 0.6 is 0 Å². The van der Waals surface area contributed by atoms with E-state index < -0.39 is 12.0 Å². The highest BCUT2D eigenvalue weighted by atomic mass is 16.4. The number of anilines is 2. The molecule has 31 heavy (non-hydrogen) atoms. The highest BCUT2D eigenvalue weighted by molar-refractivity contribution is 5.85. The second-order valence-electron chi connectivity index (χ2n) is 6.96. The highest BCUT2D eigenvalue weighted by Gasteiger charge is 2.18. The molecule has 3 rings (SSSR count). The van der Waals surface area contributed by atoms with Crippen LogP contribution in [0.2, 0.25) is 0 Å². The molecule has 0 bridgehead atoms. The summed E-state index contributed by atoms with van der Waals surface area (Å²) in [4.78, 5) is 34.0. The molecule has 0 aliphatic heterocycles. The van der Waals surface area contributed by atoms with Crippen LogP contribution < -0.4 is 10.2 Å². The van der Waals surface area contributed by atoms with Gasteiger partial charge in [0.05, 0.1) is 6.42 Å². The lowest BCUT2D eigenvalue weighted by molar-refractivity contribution is -0.141. The molecule has 7 nitrogen and oxygen atoms in total. The lowest BCUT2D eigenvalue weighted by Crippen LogP contribution is -2.41. The van der Waals surface area contributed by atoms with E-state index in [1.165, 1.54) is 0 Å². The number of carboxylic acid groups (broad SMARTS) is 1. The quantitative estimate of drug-likeness (QED) is 0.555. The van der Waals surface area contributed by atoms with Crippen LogP contribution in [0.4, 0.5) is 11.6 Å². The average molecular weight is 416 g/mol. The van der Waals surface area contributed by atoms with Gasteiger partial charge in [-0.1, -0.05) is 54.6 Å². The normalized spacial score (nSPS) is 11.8. The molecule has 7 heteroatoms. The second-order valence-corrected chi connectivity index (χ2v) is 6.96. The van der Waals surface area contributed by atoms with E-state index in [1.807, 2.05) is 72.6 Å². The first-order chi connectivity index (χ1) is 15.0. The summed E-state index contributed by atoms with van der Waals surface area (Å²) in [5.41, 5.74) is 2.69. The van der Waals surface area contributed by atoms with Gasteiger partial charge in [-0.2, -0.15) is 0 Å². The predicted octanol–water partition coefficient (Wildman–Crippen LogP) is 3.46. The number of carbonyl (C=O) groups is 2. The molecule has 158 valence electrons. The summed E-state index contributed by atoms with van der Waals surface area (Å²) >= 11 is 0. The maximum atomic E-state index is 12.2. The Hall–Kier alpha value is -4.00. The number of aliphatic carboxylic acids is 1. The average Bonchev–Trinajstić information content (AvgIpc) is 2.79. The third-order valence-corrected chi connectivity index (χ3v) is 4.66. The van der Waals surface area contributed by atoms with Crippen molar-refractivity contribution in [3.05, 3.63) is 90.3 Å². The lowest BCUT2D eigenvalue weighted by Gasteiger charge is -2.16. The number of nitrogens with zero attached hydrogens (tertiary/aromatic N) is 3. The molecular formula is C24H24N4O3. The van der Waals surface area contributed by atoms with Crippen LogP contribution in [0.3, 0.4) is 0 Å². The zero-order valence-corrected chi connectivity index (χ0v) is 17.2. The minimum atomic E-state index is -1.06. The van der Waals surface area contributed by atoms with Gasteiger partial charge in [-0.25, -0.2) is 14.8 Å². The lowest BCUT2D eigenvalue weighted by atomic mass is 10.1. The summed E-state index contributed by atoms with van der Waals surface area (Å²) in [5, 5.41) is 12.0. The van der Waals surface area contributed by atoms with Gasteiger partial charge in [0, 0.05) is 25.1 Å². The Kier molecular flexibility index (Phi) is 7.48. The van der Waals surface area contributed by atoms with Crippen molar-refractivity contribution in [2.75, 3.05) is 11.9 Å². The number of amides is 1. The predicted molar refractivity (Wildman–Crippen MR) is 120 cm³/mol. The molecule has 1 aromatic heterocycles. The van der Waals surface area contributed by atoms with Crippen molar-refractivity contribution in [2.24, 2.45) is 0 Å². The number of rotatable bonds is 9. The van der Waals surface area contributed by atoms with Crippen LogP contribution in [0.25, 0.3) is 6.08 Å². The molecule has 2 N–H and O–H groups in total. The fraction of sp³-hybridized carbons (Fsp3) is 0.167. The van der Waals surface area contributed by atoms with Crippen LogP contribution in [0, 0.1) is 0 Å². The first-order valence-corrected chi connectivity index (χ1v) is 9.86. The van der Waals surface area contributed by atoms with Crippen LogP contribution in [-0.4, -0.2) is 40.0 Å². The number of carboxylic acids is 1. The molecule has 3 aromatic rings. The van der Waals surface area contributed by atoms with Gasteiger partial charge in [0.15, 0.2) is 0 Å². The summed E-state index contributed by atoms with van der Waals surface area (Å²) < 4.78 is 0. The van der Waals surface area contributed by atoms with Crippen LogP contribution in [0.5, 0.6) is 0 Å². The van der Waals surface area contributed by atoms with Crippen LogP contribution in [-0.2, 0) is 16.0 Å². The molecule has 1 unspecified atom stereocenters. The zero-order valence-electron chi connectivity index (χ0n) is 17.2. The Bertz CT molecular complexity index is 1020. The van der Waals surface area contributed by atoms with Crippen molar-refractivity contribution in [1.82, 2.24) is 15.3 Å². The standard InChI is InChI=1S/C24H24N4O3/c1-28(24-25-15-6-16-26-24)20-13-11-18(12-14-20)9-5-10-21(23(30)31)27-22(29)17-19-7-3-2-4-8-19/h2-9,11-16,21H,10,17H2,1H3,(H,27,29)(H,30,31). The van der Waals surface area contributed by atoms with E-state index in [2.05, 4.69) is 15.3 Å². The maximum Gasteiger partial charge on any atom is 0.326 e. The summed E-state index contributed by atoms with van der Waals surface area (Å²) in [6.07, 6.45) is 7.30. The van der Waals surface area contributed by atoms with Gasteiger partial charge in [-0.05, 0) is 35.7 Å². The van der Waals surface area contributed by atoms with E-state index in [4.69, 9.17) is 0 Å². The second kappa shape index (κ2) is 10.7. The van der Waals surface area contributed by atoms with Crippen molar-refractivity contribution in [3.63, 3.8) is 0 Å². The number of aromatic nitrogens is 2. The van der Waals surface area contributed by atoms with Crippen LogP contribution in [0.1, 0.15) is 17.5 Å². The monoisotopic (exact) mass is 416 g/mol. The smallest absolute Gasteiger partial charge is 0.326 e. The number of benzene rings is 2. The largest absolute Gasteiger partial charge is 0.480 e. The number of hydrogen-bond acceptors (Lipinski definition) is 5. The summed E-state index contributed by atoms with van der Waals surface area (Å²) in [7, 11) is 1.88. The Labute approximate surface area is 181 Å². The molecule has 0 radical (unpaired) electrons. The number of hydrogen-bond donors (Lipinski definition) is 2. The van der Waals surface area contributed by atoms with E-state index in [0.717, 1.165) is 16.8 Å². The first-order valence-electron chi connectivity index (χ1n) is 9.86. The molecule has 1 amide bonds. The highest BCUT2D eigenvalue weighted by Crippen LogP contribution is 2.20. The maximum absolute atomic E-state index is 12.2. The van der Waals surface area contributed by atoms with E-state index in [1.54, 1.807) is 24.5 Å². The SMILES string of the molecule is CN(c1ccc(C=CCC(NC(=O)Cc2ccccc2)C(=O)O)cc1)c1ncccn1. The van der Waals surface area contributed by atoms with E-state index >= 15 is 0 Å². The molecular weight excluding hydrogens is 392 g/mol. The molecule has 0 fully saturated rings. The molecule has 1 atom stereocenters. The van der Waals surface area contributed by atoms with Gasteiger partial charge in [0.2, 0.25) is 11.9 Å². The van der Waals surface area contributed by atoms with Crippen molar-refractivity contribution in [3.8, 4) is 0 Å². The van der Waals surface area contributed by atoms with Gasteiger partial charge in [-0.3, -0.25) is 4.79 Å². The minimum Gasteiger partial charge on any atom is -0.480 e. The molecule has 0 saturated carbocycles. The third-order valence-electron chi connectivity index (χ3n) is 4.66. The number of carbonyl (C=O) groups excluding carboxylic acids is 1. The Balaban J connectivity index is 1.56. The van der Waals surface area contributed by atoms with E-state index in [9.17, 15) is 14.7 Å². The van der Waals surface area contributed by atoms with Gasteiger partial charge in [0.25, 0.3) is 0 Å². The van der Waals surface area contributed by atoms with Crippen molar-refractivity contribution in [2.45, 2.75) is 18.9 Å². The number of nitrogens with one attached hydrogen (secondary N) is 1. The molecule has 0 spiro atoms. The Morgan fingerprint density at radius 3 is 2.35 bits per heavy atom. The fourth-order valence-electron chi connectivity index (χ4n) is 2.98. The van der Waals surface area contributed by atoms with Crippen molar-refractivity contribution >= 4 is 29.6 Å². The third kappa shape index (κ3) is 6.50. The van der Waals surface area contributed by atoms with E-state index in [-0.39, 0.29) is 18.7 Å². The molecule has 1 heterocycles. The van der Waals surface area contributed by atoms with Gasteiger partial charge in [-0.15, -0.1) is 0 Å². The summed E-state index contributed by atoms with van der Waals surface area (Å²) in [6.45, 7) is 0. The molecule has 0 saturated heterocycles. The molecule has 0 aliphatic rings. The minimum absolute atomic E-state index is 0.147. The summed E-state index contributed by atoms with van der Waals surface area (Å²) in [5.74, 6) is -0.783. The van der Waals surface area contributed by atoms with Gasteiger partial charge >= 0.3 is 5.97 Å². The van der Waals surface area contributed by atoms with Crippen molar-refractivity contribution in [1.29, 1.82) is 0 Å². The topological polar surface area (TPSA) is 95.4 Å². The Morgan fingerprint density at radius 1 is 1.03 bits per heavy atom. The molecule has 0 aliphatic carbocycles. The first kappa shape index (κ1) is 21.7. The molecule has 2 aromatic carbocycles. The van der Waals surface area contributed by atoms with Gasteiger partial charge in [0.1, 0.15) is 6.04 Å². The summed E-state index contributed by atoms with van der Waals surface area (Å²) in [6, 6.07) is 17.7. The van der Waals surface area contributed by atoms with Crippen LogP contribution in [0.15, 0.2) is 79.1 Å². The zero-order chi connectivity index (χ0) is 22.1. The van der Waals surface area contributed by atoms with Gasteiger partial charge < -0.3 is 15.3 Å². The Morgan fingerprint density at radius 2 is 1.71 bits per heavy atom. The fourth-order valence-corrected chi connectivity index (χ4v) is 2.98. The van der Waals surface area contributed by atoms with Crippen molar-refractivity contribution < 1.29 is 14.7 Å².